The van der Waals surface area contributed by atoms with E-state index in [9.17, 15) is 22.8 Å². The summed E-state index contributed by atoms with van der Waals surface area (Å²) in [5.74, 6) is 0.917. The third-order valence-corrected chi connectivity index (χ3v) is 8.22. The number of rotatable bonds is 2. The Kier molecular flexibility index (Phi) is 6.06. The highest BCUT2D eigenvalue weighted by Crippen LogP contribution is 2.45. The highest BCUT2D eigenvalue weighted by molar-refractivity contribution is 8.00. The third-order valence-electron chi connectivity index (χ3n) is 6.67. The van der Waals surface area contributed by atoms with Gasteiger partial charge in [0.1, 0.15) is 0 Å². The first-order valence-corrected chi connectivity index (χ1v) is 11.7. The van der Waals surface area contributed by atoms with E-state index in [1.807, 2.05) is 0 Å². The number of alkyl halides is 3. The fraction of sp³-hybridized carbons (Fsp3) is 0.636. The van der Waals surface area contributed by atoms with Crippen LogP contribution in [0.5, 0.6) is 0 Å². The Hall–Kier alpha value is -1.70. The molecule has 0 unspecified atom stereocenters. The molecule has 4 nitrogen and oxygen atoms in total. The smallest absolute Gasteiger partial charge is 0.338 e. The second-order valence-corrected chi connectivity index (χ2v) is 9.95. The van der Waals surface area contributed by atoms with Crippen molar-refractivity contribution >= 4 is 23.6 Å². The predicted octanol–water partition coefficient (Wildman–Crippen LogP) is 4.79. The van der Waals surface area contributed by atoms with Gasteiger partial charge in [0.25, 0.3) is 5.91 Å². The molecule has 1 saturated carbocycles. The van der Waals surface area contributed by atoms with Crippen molar-refractivity contribution in [3.05, 3.63) is 35.4 Å². The zero-order chi connectivity index (χ0) is 21.4. The summed E-state index contributed by atoms with van der Waals surface area (Å²) >= 11 is 1.80. The monoisotopic (exact) mass is 440 g/mol. The highest BCUT2D eigenvalue weighted by Gasteiger charge is 2.48. The van der Waals surface area contributed by atoms with Crippen LogP contribution in [0.4, 0.5) is 13.2 Å². The SMILES string of the molecule is O=C(c1cccc(C(F)(F)F)c1)N1CCC2(CC1)SCCN2C(=O)C1CCCCC1. The van der Waals surface area contributed by atoms with Crippen molar-refractivity contribution in [2.45, 2.75) is 56.0 Å². The van der Waals surface area contributed by atoms with E-state index in [-0.39, 0.29) is 28.2 Å². The van der Waals surface area contributed by atoms with Crippen LogP contribution in [0, 0.1) is 5.92 Å². The molecule has 1 aliphatic carbocycles. The number of halogens is 3. The van der Waals surface area contributed by atoms with Crippen molar-refractivity contribution in [3.63, 3.8) is 0 Å². The Morgan fingerprint density at radius 1 is 1.03 bits per heavy atom. The number of amides is 2. The Morgan fingerprint density at radius 3 is 2.40 bits per heavy atom. The van der Waals surface area contributed by atoms with Crippen molar-refractivity contribution in [2.24, 2.45) is 5.92 Å². The van der Waals surface area contributed by atoms with Crippen LogP contribution in [-0.2, 0) is 11.0 Å². The molecule has 4 rings (SSSR count). The van der Waals surface area contributed by atoms with Crippen molar-refractivity contribution in [2.75, 3.05) is 25.4 Å². The molecule has 8 heteroatoms. The third kappa shape index (κ3) is 4.20. The van der Waals surface area contributed by atoms with E-state index in [2.05, 4.69) is 4.90 Å². The average molecular weight is 441 g/mol. The molecule has 0 bridgehead atoms. The molecule has 0 aromatic heterocycles. The van der Waals surface area contributed by atoms with Crippen molar-refractivity contribution in [1.82, 2.24) is 9.80 Å². The molecule has 2 aliphatic heterocycles. The van der Waals surface area contributed by atoms with Gasteiger partial charge in [-0.15, -0.1) is 11.8 Å². The first-order chi connectivity index (χ1) is 14.3. The van der Waals surface area contributed by atoms with Gasteiger partial charge in [-0.1, -0.05) is 25.3 Å². The van der Waals surface area contributed by atoms with Crippen LogP contribution in [0.1, 0.15) is 60.9 Å². The molecule has 1 spiro atoms. The maximum atomic E-state index is 13.2. The van der Waals surface area contributed by atoms with Gasteiger partial charge in [0.2, 0.25) is 5.91 Å². The lowest BCUT2D eigenvalue weighted by atomic mass is 9.87. The van der Waals surface area contributed by atoms with Crippen LogP contribution < -0.4 is 0 Å². The van der Waals surface area contributed by atoms with Gasteiger partial charge in [-0.3, -0.25) is 9.59 Å². The molecule has 0 N–H and O–H groups in total. The number of carbonyl (C=O) groups is 2. The van der Waals surface area contributed by atoms with Crippen LogP contribution in [0.2, 0.25) is 0 Å². The summed E-state index contributed by atoms with van der Waals surface area (Å²) in [7, 11) is 0. The molecule has 3 fully saturated rings. The quantitative estimate of drug-likeness (QED) is 0.664. The molecular weight excluding hydrogens is 413 g/mol. The van der Waals surface area contributed by atoms with Gasteiger partial charge in [0, 0.05) is 36.9 Å². The number of carbonyl (C=O) groups excluding carboxylic acids is 2. The molecule has 0 atom stereocenters. The lowest BCUT2D eigenvalue weighted by Gasteiger charge is -2.45. The van der Waals surface area contributed by atoms with Gasteiger partial charge in [-0.05, 0) is 43.9 Å². The fourth-order valence-corrected chi connectivity index (χ4v) is 6.44. The molecule has 1 aromatic carbocycles. The molecular formula is C22H27F3N2O2S. The summed E-state index contributed by atoms with van der Waals surface area (Å²) in [6.45, 7) is 1.66. The van der Waals surface area contributed by atoms with E-state index in [1.54, 1.807) is 16.7 Å². The molecule has 0 radical (unpaired) electrons. The maximum Gasteiger partial charge on any atom is 0.416 e. The molecule has 1 aromatic rings. The van der Waals surface area contributed by atoms with Crippen molar-refractivity contribution in [1.29, 1.82) is 0 Å². The van der Waals surface area contributed by atoms with Crippen LogP contribution in [0.15, 0.2) is 24.3 Å². The summed E-state index contributed by atoms with van der Waals surface area (Å²) in [6.07, 6.45) is 2.24. The largest absolute Gasteiger partial charge is 0.416 e. The molecule has 3 aliphatic rings. The van der Waals surface area contributed by atoms with Gasteiger partial charge < -0.3 is 9.80 Å². The van der Waals surface area contributed by atoms with E-state index >= 15 is 0 Å². The van der Waals surface area contributed by atoms with Gasteiger partial charge >= 0.3 is 6.18 Å². The lowest BCUT2D eigenvalue weighted by Crippen LogP contribution is -2.55. The van der Waals surface area contributed by atoms with Crippen LogP contribution in [0.3, 0.4) is 0 Å². The summed E-state index contributed by atoms with van der Waals surface area (Å²) in [5.41, 5.74) is -0.743. The number of benzene rings is 1. The van der Waals surface area contributed by atoms with E-state index in [0.29, 0.717) is 25.9 Å². The number of piperidine rings is 1. The van der Waals surface area contributed by atoms with Crippen molar-refractivity contribution in [3.8, 4) is 0 Å². The van der Waals surface area contributed by atoms with Crippen LogP contribution in [0.25, 0.3) is 0 Å². The number of likely N-dealkylation sites (tertiary alicyclic amines) is 1. The molecule has 30 heavy (non-hydrogen) atoms. The molecule has 2 amide bonds. The summed E-state index contributed by atoms with van der Waals surface area (Å²) in [6, 6.07) is 4.62. The molecule has 2 heterocycles. The summed E-state index contributed by atoms with van der Waals surface area (Å²) in [5, 5.41) is 0. The number of hydrogen-bond donors (Lipinski definition) is 0. The van der Waals surface area contributed by atoms with Gasteiger partial charge in [-0.25, -0.2) is 0 Å². The Balaban J connectivity index is 1.42. The number of thioether (sulfide) groups is 1. The topological polar surface area (TPSA) is 40.6 Å². The summed E-state index contributed by atoms with van der Waals surface area (Å²) in [4.78, 5) is 29.4. The number of nitrogens with zero attached hydrogens (tertiary/aromatic N) is 2. The molecule has 2 saturated heterocycles. The van der Waals surface area contributed by atoms with Gasteiger partial charge in [-0.2, -0.15) is 13.2 Å². The Morgan fingerprint density at radius 2 is 1.73 bits per heavy atom. The molecule has 164 valence electrons. The minimum atomic E-state index is -4.47. The van der Waals surface area contributed by atoms with Crippen molar-refractivity contribution < 1.29 is 22.8 Å². The average Bonchev–Trinajstić information content (AvgIpc) is 3.16. The first kappa shape index (κ1) is 21.5. The lowest BCUT2D eigenvalue weighted by molar-refractivity contribution is -0.140. The summed E-state index contributed by atoms with van der Waals surface area (Å²) < 4.78 is 38.9. The minimum absolute atomic E-state index is 0.0648. The second kappa shape index (κ2) is 8.44. The van der Waals surface area contributed by atoms with Gasteiger partial charge in [0.15, 0.2) is 0 Å². The predicted molar refractivity (Wildman–Crippen MR) is 110 cm³/mol. The van der Waals surface area contributed by atoms with E-state index < -0.39 is 11.7 Å². The normalized spacial score (nSPS) is 22.5. The van der Waals surface area contributed by atoms with Gasteiger partial charge in [0.05, 0.1) is 10.4 Å². The zero-order valence-corrected chi connectivity index (χ0v) is 17.7. The van der Waals surface area contributed by atoms with E-state index in [4.69, 9.17) is 0 Å². The second-order valence-electron chi connectivity index (χ2n) is 8.49. The minimum Gasteiger partial charge on any atom is -0.338 e. The van der Waals surface area contributed by atoms with Crippen LogP contribution >= 0.6 is 11.8 Å². The Labute approximate surface area is 179 Å². The highest BCUT2D eigenvalue weighted by atomic mass is 32.2. The van der Waals surface area contributed by atoms with E-state index in [0.717, 1.165) is 50.1 Å². The Bertz CT molecular complexity index is 800. The van der Waals surface area contributed by atoms with Crippen LogP contribution in [-0.4, -0.2) is 51.9 Å². The number of hydrogen-bond acceptors (Lipinski definition) is 3. The first-order valence-electron chi connectivity index (χ1n) is 10.7. The fourth-order valence-electron chi connectivity index (χ4n) is 4.97. The standard InChI is InChI=1S/C22H27F3N2O2S/c23-22(24,25)18-8-4-7-17(15-18)19(28)26-11-9-21(10-12-26)27(13-14-30-21)20(29)16-5-2-1-3-6-16/h4,7-8,15-16H,1-3,5-6,9-14H2. The van der Waals surface area contributed by atoms with E-state index in [1.165, 1.54) is 18.6 Å². The maximum absolute atomic E-state index is 13.2. The zero-order valence-electron chi connectivity index (χ0n) is 16.9.